The topological polar surface area (TPSA) is 73.6 Å². The second-order valence-electron chi connectivity index (χ2n) is 10.1. The first-order chi connectivity index (χ1) is 19.2. The Bertz CT molecular complexity index is 1670. The molecule has 0 atom stereocenters. The van der Waals surface area contributed by atoms with Gasteiger partial charge >= 0.3 is 0 Å². The Morgan fingerprint density at radius 2 is 1.79 bits per heavy atom. The van der Waals surface area contributed by atoms with E-state index in [-0.39, 0.29) is 0 Å². The zero-order valence-corrected chi connectivity index (χ0v) is 21.9. The molecule has 6 heterocycles. The van der Waals surface area contributed by atoms with Crippen LogP contribution in [-0.4, -0.2) is 64.3 Å². The second kappa shape index (κ2) is 9.89. The van der Waals surface area contributed by atoms with E-state index in [1.54, 1.807) is 6.20 Å². The summed E-state index contributed by atoms with van der Waals surface area (Å²) in [6.45, 7) is 4.99. The van der Waals surface area contributed by atoms with Gasteiger partial charge in [-0.25, -0.2) is 9.50 Å². The van der Waals surface area contributed by atoms with Gasteiger partial charge in [0.2, 0.25) is 0 Å². The average Bonchev–Trinajstić information content (AvgIpc) is 3.41. The van der Waals surface area contributed by atoms with Gasteiger partial charge in [-0.1, -0.05) is 18.2 Å². The fourth-order valence-corrected chi connectivity index (χ4v) is 5.40. The number of fused-ring (bicyclic) bond motifs is 2. The number of pyridine rings is 3. The van der Waals surface area contributed by atoms with Gasteiger partial charge in [0, 0.05) is 79.4 Å². The first kappa shape index (κ1) is 23.4. The molecule has 0 saturated carbocycles. The van der Waals surface area contributed by atoms with Gasteiger partial charge in [-0.2, -0.15) is 5.10 Å². The maximum absolute atomic E-state index is 4.94. The molecule has 1 fully saturated rings. The van der Waals surface area contributed by atoms with Crippen LogP contribution in [0.2, 0.25) is 0 Å². The molecule has 0 bridgehead atoms. The van der Waals surface area contributed by atoms with Crippen molar-refractivity contribution < 1.29 is 0 Å². The third-order valence-electron chi connectivity index (χ3n) is 7.55. The van der Waals surface area contributed by atoms with Crippen molar-refractivity contribution in [2.24, 2.45) is 0 Å². The van der Waals surface area contributed by atoms with Crippen molar-refractivity contribution in [2.45, 2.75) is 0 Å². The number of hydrogen-bond acceptors (Lipinski definition) is 7. The van der Waals surface area contributed by atoms with Crippen LogP contribution >= 0.6 is 0 Å². The molecule has 0 radical (unpaired) electrons. The average molecular weight is 515 g/mol. The summed E-state index contributed by atoms with van der Waals surface area (Å²) < 4.78 is 1.91. The number of rotatable bonds is 5. The highest BCUT2D eigenvalue weighted by Gasteiger charge is 2.18. The summed E-state index contributed by atoms with van der Waals surface area (Å²) in [5.74, 6) is 1.71. The molecule has 7 rings (SSSR count). The van der Waals surface area contributed by atoms with Gasteiger partial charge < -0.3 is 20.4 Å². The highest BCUT2D eigenvalue weighted by atomic mass is 15.2. The number of piperazine rings is 1. The van der Waals surface area contributed by atoms with E-state index in [0.29, 0.717) is 0 Å². The Kier molecular flexibility index (Phi) is 5.94. The zero-order chi connectivity index (χ0) is 26.2. The van der Waals surface area contributed by atoms with Gasteiger partial charge in [0.15, 0.2) is 0 Å². The third-order valence-corrected chi connectivity index (χ3v) is 7.55. The van der Waals surface area contributed by atoms with Crippen molar-refractivity contribution >= 4 is 34.1 Å². The standard InChI is InChI=1S/C31H30N8/c1-37-14-16-38(17-15-37)25-6-2-5-24(19-25)35-30-8-7-27-26(9-12-33-31(27)36-30)22-10-13-39-29(18-22)28(21-34-39)23-4-3-11-32-20-23/h2-11,13,18-21H,12,14-17H2,1H3,(H2,33,35,36). The summed E-state index contributed by atoms with van der Waals surface area (Å²) in [5, 5.41) is 11.5. The summed E-state index contributed by atoms with van der Waals surface area (Å²) in [5.41, 5.74) is 8.85. The minimum atomic E-state index is 0.720. The number of benzene rings is 1. The van der Waals surface area contributed by atoms with Gasteiger partial charge in [-0.3, -0.25) is 4.98 Å². The van der Waals surface area contributed by atoms with Crippen LogP contribution < -0.4 is 15.5 Å². The van der Waals surface area contributed by atoms with E-state index in [1.165, 1.54) is 11.3 Å². The molecule has 0 unspecified atom stereocenters. The van der Waals surface area contributed by atoms with E-state index in [4.69, 9.17) is 4.98 Å². The fraction of sp³-hybridized carbons (Fsp3) is 0.194. The van der Waals surface area contributed by atoms with Crippen molar-refractivity contribution in [1.82, 2.24) is 24.5 Å². The highest BCUT2D eigenvalue weighted by Crippen LogP contribution is 2.35. The van der Waals surface area contributed by atoms with E-state index < -0.39 is 0 Å². The lowest BCUT2D eigenvalue weighted by molar-refractivity contribution is 0.313. The smallest absolute Gasteiger partial charge is 0.136 e. The molecule has 8 heteroatoms. The predicted molar refractivity (Wildman–Crippen MR) is 158 cm³/mol. The maximum atomic E-state index is 4.94. The van der Waals surface area contributed by atoms with Crippen LogP contribution in [0.15, 0.2) is 91.5 Å². The first-order valence-corrected chi connectivity index (χ1v) is 13.4. The third kappa shape index (κ3) is 4.59. The lowest BCUT2D eigenvalue weighted by Gasteiger charge is -2.34. The molecule has 1 saturated heterocycles. The van der Waals surface area contributed by atoms with E-state index in [2.05, 4.69) is 98.2 Å². The summed E-state index contributed by atoms with van der Waals surface area (Å²) in [7, 11) is 2.18. The van der Waals surface area contributed by atoms with Crippen LogP contribution in [0.3, 0.4) is 0 Å². The Hall–Kier alpha value is -4.69. The van der Waals surface area contributed by atoms with Crippen LogP contribution in [0.1, 0.15) is 11.1 Å². The molecule has 194 valence electrons. The molecule has 2 aliphatic heterocycles. The first-order valence-electron chi connectivity index (χ1n) is 13.4. The van der Waals surface area contributed by atoms with Gasteiger partial charge in [0.05, 0.1) is 11.7 Å². The van der Waals surface area contributed by atoms with Crippen LogP contribution in [0, 0.1) is 0 Å². The summed E-state index contributed by atoms with van der Waals surface area (Å²) in [4.78, 5) is 14.0. The number of nitrogens with one attached hydrogen (secondary N) is 2. The number of aromatic nitrogens is 4. The van der Waals surface area contributed by atoms with Gasteiger partial charge in [-0.15, -0.1) is 0 Å². The van der Waals surface area contributed by atoms with Crippen LogP contribution in [0.25, 0.3) is 22.2 Å². The van der Waals surface area contributed by atoms with Gasteiger partial charge in [0.25, 0.3) is 0 Å². The van der Waals surface area contributed by atoms with Crippen molar-refractivity contribution in [3.63, 3.8) is 0 Å². The second-order valence-corrected chi connectivity index (χ2v) is 10.1. The quantitative estimate of drug-likeness (QED) is 0.336. The minimum absolute atomic E-state index is 0.720. The molecular weight excluding hydrogens is 484 g/mol. The van der Waals surface area contributed by atoms with E-state index in [9.17, 15) is 0 Å². The fourth-order valence-electron chi connectivity index (χ4n) is 5.40. The van der Waals surface area contributed by atoms with E-state index in [1.807, 2.05) is 29.2 Å². The highest BCUT2D eigenvalue weighted by molar-refractivity contribution is 5.90. The number of likely N-dealkylation sites (N-methyl/N-ethyl adjacent to an activating group) is 1. The number of hydrogen-bond donors (Lipinski definition) is 2. The van der Waals surface area contributed by atoms with Crippen molar-refractivity contribution in [3.8, 4) is 11.1 Å². The Labute approximate surface area is 227 Å². The summed E-state index contributed by atoms with van der Waals surface area (Å²) in [6.07, 6.45) is 9.81. The molecule has 0 aliphatic carbocycles. The van der Waals surface area contributed by atoms with E-state index >= 15 is 0 Å². The molecular formula is C31H30N8. The molecule has 0 amide bonds. The zero-order valence-electron chi connectivity index (χ0n) is 21.9. The summed E-state index contributed by atoms with van der Waals surface area (Å²) in [6, 6.07) is 21.1. The SMILES string of the molecule is CN1CCN(c2cccc(Nc3ccc4c(n3)NCC=C4c3ccn4ncc(-c5cccnc5)c4c3)c2)CC1. The molecule has 0 spiro atoms. The Morgan fingerprint density at radius 1 is 0.872 bits per heavy atom. The molecule has 4 aromatic heterocycles. The van der Waals surface area contributed by atoms with Crippen molar-refractivity contribution in [2.75, 3.05) is 55.3 Å². The van der Waals surface area contributed by atoms with Crippen molar-refractivity contribution in [3.05, 3.63) is 103 Å². The lowest BCUT2D eigenvalue weighted by atomic mass is 9.95. The van der Waals surface area contributed by atoms with E-state index in [0.717, 1.165) is 77.8 Å². The Balaban J connectivity index is 1.15. The molecule has 2 N–H and O–H groups in total. The Morgan fingerprint density at radius 3 is 2.67 bits per heavy atom. The molecule has 2 aliphatic rings. The van der Waals surface area contributed by atoms with Crippen molar-refractivity contribution in [1.29, 1.82) is 0 Å². The molecule has 1 aromatic carbocycles. The molecule has 8 nitrogen and oxygen atoms in total. The summed E-state index contributed by atoms with van der Waals surface area (Å²) >= 11 is 0. The van der Waals surface area contributed by atoms with Gasteiger partial charge in [-0.05, 0) is 66.7 Å². The lowest BCUT2D eigenvalue weighted by Crippen LogP contribution is -2.44. The van der Waals surface area contributed by atoms with Crippen LogP contribution in [0.5, 0.6) is 0 Å². The minimum Gasteiger partial charge on any atom is -0.369 e. The van der Waals surface area contributed by atoms with Gasteiger partial charge in [0.1, 0.15) is 11.6 Å². The largest absolute Gasteiger partial charge is 0.369 e. The molecule has 5 aromatic rings. The number of nitrogens with zero attached hydrogens (tertiary/aromatic N) is 6. The maximum Gasteiger partial charge on any atom is 0.136 e. The number of anilines is 4. The van der Waals surface area contributed by atoms with Crippen LogP contribution in [0.4, 0.5) is 23.0 Å². The molecule has 39 heavy (non-hydrogen) atoms. The predicted octanol–water partition coefficient (Wildman–Crippen LogP) is 5.14. The monoisotopic (exact) mass is 514 g/mol. The van der Waals surface area contributed by atoms with Crippen LogP contribution in [-0.2, 0) is 0 Å². The normalized spacial score (nSPS) is 15.5.